The molecule has 2 heterocycles. The number of anilines is 1. The molecule has 1 fully saturated rings. The Hall–Kier alpha value is -2.24. The van der Waals surface area contributed by atoms with Crippen LogP contribution in [0.5, 0.6) is 5.75 Å². The van der Waals surface area contributed by atoms with Crippen LogP contribution in [0, 0.1) is 0 Å². The van der Waals surface area contributed by atoms with Crippen LogP contribution in [0.25, 0.3) is 11.0 Å². The largest absolute Gasteiger partial charge is 0.497 e. The van der Waals surface area contributed by atoms with Crippen molar-refractivity contribution >= 4 is 22.9 Å². The Morgan fingerprint density at radius 1 is 1.47 bits per heavy atom. The summed E-state index contributed by atoms with van der Waals surface area (Å²) in [5, 5.41) is 0. The highest BCUT2D eigenvalue weighted by atomic mass is 16.5. The van der Waals surface area contributed by atoms with Crippen LogP contribution in [-0.4, -0.2) is 41.1 Å². The van der Waals surface area contributed by atoms with Crippen LogP contribution in [-0.2, 0) is 4.79 Å². The molecule has 2 aromatic rings. The van der Waals surface area contributed by atoms with Crippen molar-refractivity contribution in [2.24, 2.45) is 0 Å². The second-order valence-electron chi connectivity index (χ2n) is 4.76. The topological polar surface area (TPSA) is 73.4 Å². The number of hydrogen-bond donors (Lipinski definition) is 1. The molecule has 1 aromatic carbocycles. The minimum absolute atomic E-state index is 0.0776. The van der Waals surface area contributed by atoms with Gasteiger partial charge in [0.1, 0.15) is 11.8 Å². The molecule has 19 heavy (non-hydrogen) atoms. The Balaban J connectivity index is 2.17. The van der Waals surface area contributed by atoms with Crippen LogP contribution in [0.4, 0.5) is 5.95 Å². The third kappa shape index (κ3) is 1.71. The normalized spacial score (nSPS) is 19.4. The Kier molecular flexibility index (Phi) is 2.58. The van der Waals surface area contributed by atoms with Crippen LogP contribution >= 0.6 is 0 Å². The number of ether oxygens (including phenoxy) is 1. The van der Waals surface area contributed by atoms with Gasteiger partial charge in [0.15, 0.2) is 0 Å². The highest BCUT2D eigenvalue weighted by Gasteiger charge is 2.32. The third-order valence-electron chi connectivity index (χ3n) is 3.63. The lowest BCUT2D eigenvalue weighted by molar-refractivity contribution is -0.129. The van der Waals surface area contributed by atoms with Gasteiger partial charge in [-0.3, -0.25) is 9.36 Å². The summed E-state index contributed by atoms with van der Waals surface area (Å²) in [4.78, 5) is 18.2. The molecule has 1 amide bonds. The van der Waals surface area contributed by atoms with E-state index in [4.69, 9.17) is 10.5 Å². The van der Waals surface area contributed by atoms with Crippen molar-refractivity contribution in [3.05, 3.63) is 18.2 Å². The number of benzene rings is 1. The van der Waals surface area contributed by atoms with E-state index in [0.29, 0.717) is 5.95 Å². The number of carbonyl (C=O) groups excluding carboxylic acids is 1. The molecule has 2 N–H and O–H groups in total. The molecule has 6 nitrogen and oxygen atoms in total. The molecule has 1 aliphatic heterocycles. The number of nitrogens with zero attached hydrogens (tertiary/aromatic N) is 3. The van der Waals surface area contributed by atoms with Gasteiger partial charge in [-0.25, -0.2) is 4.98 Å². The number of likely N-dealkylation sites (N-methyl/N-ethyl adjacent to an activating group) is 1. The second-order valence-corrected chi connectivity index (χ2v) is 4.76. The predicted octanol–water partition coefficient (Wildman–Crippen LogP) is 1.03. The molecule has 0 aliphatic carbocycles. The lowest BCUT2D eigenvalue weighted by atomic mass is 10.2. The molecule has 6 heteroatoms. The molecule has 0 radical (unpaired) electrons. The van der Waals surface area contributed by atoms with Crippen molar-refractivity contribution in [3.8, 4) is 5.75 Å². The van der Waals surface area contributed by atoms with Gasteiger partial charge in [-0.05, 0) is 18.6 Å². The predicted molar refractivity (Wildman–Crippen MR) is 72.0 cm³/mol. The maximum Gasteiger partial charge on any atom is 0.245 e. The van der Waals surface area contributed by atoms with Crippen LogP contribution in [0.3, 0.4) is 0 Å². The molecule has 0 bridgehead atoms. The molecule has 100 valence electrons. The first-order chi connectivity index (χ1) is 9.11. The maximum absolute atomic E-state index is 12.1. The van der Waals surface area contributed by atoms with Gasteiger partial charge in [-0.2, -0.15) is 0 Å². The molecule has 1 aromatic heterocycles. The molecular weight excluding hydrogens is 244 g/mol. The van der Waals surface area contributed by atoms with Crippen LogP contribution in [0.15, 0.2) is 18.2 Å². The van der Waals surface area contributed by atoms with Crippen LogP contribution in [0.2, 0.25) is 0 Å². The highest BCUT2D eigenvalue weighted by molar-refractivity contribution is 5.87. The first-order valence-electron chi connectivity index (χ1n) is 6.18. The van der Waals surface area contributed by atoms with E-state index in [2.05, 4.69) is 4.98 Å². The lowest BCUT2D eigenvalue weighted by Crippen LogP contribution is -2.25. The Bertz CT molecular complexity index is 649. The quantitative estimate of drug-likeness (QED) is 0.875. The number of likely N-dealkylation sites (tertiary alicyclic amines) is 1. The zero-order valence-corrected chi connectivity index (χ0v) is 11.0. The fourth-order valence-electron chi connectivity index (χ4n) is 2.59. The fourth-order valence-corrected chi connectivity index (χ4v) is 2.59. The summed E-state index contributed by atoms with van der Waals surface area (Å²) in [6.07, 6.45) is 0.752. The number of hydrogen-bond acceptors (Lipinski definition) is 4. The summed E-state index contributed by atoms with van der Waals surface area (Å²) in [6, 6.07) is 5.29. The summed E-state index contributed by atoms with van der Waals surface area (Å²) >= 11 is 0. The summed E-state index contributed by atoms with van der Waals surface area (Å²) in [5.74, 6) is 1.18. The minimum atomic E-state index is -0.262. The fraction of sp³-hybridized carbons (Fsp3) is 0.385. The van der Waals surface area contributed by atoms with Gasteiger partial charge < -0.3 is 15.4 Å². The van der Waals surface area contributed by atoms with Gasteiger partial charge >= 0.3 is 0 Å². The first-order valence-corrected chi connectivity index (χ1v) is 6.18. The standard InChI is InChI=1S/C13H16N4O2/c1-16-6-5-10(12(16)18)17-11-7-8(19-2)3-4-9(11)15-13(17)14/h3-4,7,10H,5-6H2,1-2H3,(H2,14,15). The minimum Gasteiger partial charge on any atom is -0.497 e. The van der Waals surface area contributed by atoms with Crippen LogP contribution in [0.1, 0.15) is 12.5 Å². The average molecular weight is 260 g/mol. The molecular formula is C13H16N4O2. The van der Waals surface area contributed by atoms with E-state index < -0.39 is 0 Å². The molecule has 1 unspecified atom stereocenters. The van der Waals surface area contributed by atoms with Gasteiger partial charge in [0.2, 0.25) is 11.9 Å². The van der Waals surface area contributed by atoms with Crippen molar-refractivity contribution in [2.75, 3.05) is 26.4 Å². The number of nitrogens with two attached hydrogens (primary N) is 1. The van der Waals surface area contributed by atoms with E-state index in [1.165, 1.54) is 0 Å². The van der Waals surface area contributed by atoms with E-state index in [0.717, 1.165) is 29.7 Å². The molecule has 0 saturated carbocycles. The summed E-state index contributed by atoms with van der Waals surface area (Å²) < 4.78 is 7.03. The average Bonchev–Trinajstić information content (AvgIpc) is 2.89. The van der Waals surface area contributed by atoms with E-state index in [-0.39, 0.29) is 11.9 Å². The second kappa shape index (κ2) is 4.15. The molecule has 3 rings (SSSR count). The van der Waals surface area contributed by atoms with Crippen molar-refractivity contribution in [1.82, 2.24) is 14.5 Å². The van der Waals surface area contributed by atoms with E-state index in [9.17, 15) is 4.79 Å². The van der Waals surface area contributed by atoms with E-state index >= 15 is 0 Å². The molecule has 0 spiro atoms. The number of aromatic nitrogens is 2. The number of carbonyl (C=O) groups is 1. The third-order valence-corrected chi connectivity index (χ3v) is 3.63. The number of amides is 1. The summed E-state index contributed by atoms with van der Waals surface area (Å²) in [7, 11) is 3.41. The van der Waals surface area contributed by atoms with E-state index in [1.54, 1.807) is 19.1 Å². The number of rotatable bonds is 2. The molecule has 1 aliphatic rings. The van der Waals surface area contributed by atoms with Gasteiger partial charge in [-0.1, -0.05) is 0 Å². The van der Waals surface area contributed by atoms with Crippen molar-refractivity contribution in [3.63, 3.8) is 0 Å². The number of nitrogen functional groups attached to an aromatic ring is 1. The molecule has 1 atom stereocenters. The zero-order valence-electron chi connectivity index (χ0n) is 11.0. The van der Waals surface area contributed by atoms with Crippen molar-refractivity contribution in [2.45, 2.75) is 12.5 Å². The monoisotopic (exact) mass is 260 g/mol. The van der Waals surface area contributed by atoms with E-state index in [1.807, 2.05) is 22.8 Å². The number of fused-ring (bicyclic) bond motifs is 1. The Labute approximate surface area is 110 Å². The summed E-state index contributed by atoms with van der Waals surface area (Å²) in [5.41, 5.74) is 7.59. The van der Waals surface area contributed by atoms with Gasteiger partial charge in [-0.15, -0.1) is 0 Å². The van der Waals surface area contributed by atoms with Crippen molar-refractivity contribution < 1.29 is 9.53 Å². The Morgan fingerprint density at radius 2 is 2.26 bits per heavy atom. The Morgan fingerprint density at radius 3 is 2.89 bits per heavy atom. The maximum atomic E-state index is 12.1. The lowest BCUT2D eigenvalue weighted by Gasteiger charge is -2.14. The zero-order chi connectivity index (χ0) is 13.6. The van der Waals surface area contributed by atoms with Gasteiger partial charge in [0.25, 0.3) is 0 Å². The summed E-state index contributed by atoms with van der Waals surface area (Å²) in [6.45, 7) is 0.743. The number of methoxy groups -OCH3 is 1. The van der Waals surface area contributed by atoms with Crippen molar-refractivity contribution in [1.29, 1.82) is 0 Å². The highest BCUT2D eigenvalue weighted by Crippen LogP contribution is 2.31. The number of imidazole rings is 1. The smallest absolute Gasteiger partial charge is 0.245 e. The van der Waals surface area contributed by atoms with Crippen LogP contribution < -0.4 is 10.5 Å². The SMILES string of the molecule is COc1ccc2nc(N)n(C3CCN(C)C3=O)c2c1. The first kappa shape index (κ1) is 11.8. The van der Waals surface area contributed by atoms with Gasteiger partial charge in [0.05, 0.1) is 18.1 Å². The molecule has 1 saturated heterocycles. The van der Waals surface area contributed by atoms with Gasteiger partial charge in [0, 0.05) is 19.7 Å².